The predicted octanol–water partition coefficient (Wildman–Crippen LogP) is 2.20. The second kappa shape index (κ2) is 9.28. The molecule has 0 spiro atoms. The molecule has 1 unspecified atom stereocenters. The van der Waals surface area contributed by atoms with Crippen molar-refractivity contribution >= 4 is 23.2 Å². The molecule has 1 aliphatic rings. The van der Waals surface area contributed by atoms with Crippen LogP contribution in [0.2, 0.25) is 5.02 Å². The van der Waals surface area contributed by atoms with Gasteiger partial charge in [0.1, 0.15) is 0 Å². The van der Waals surface area contributed by atoms with Crippen LogP contribution >= 0.6 is 11.6 Å². The Hall–Kier alpha value is -2.90. The Morgan fingerprint density at radius 3 is 2.37 bits per heavy atom. The molecular formula is C22H25ClN6O. The molecule has 1 amide bonds. The number of piperazine rings is 1. The van der Waals surface area contributed by atoms with E-state index in [1.54, 1.807) is 17.2 Å². The fraction of sp³-hybridized carbons (Fsp3) is 0.318. The number of nitrogens with zero attached hydrogens (tertiary/aromatic N) is 5. The summed E-state index contributed by atoms with van der Waals surface area (Å²) in [4.78, 5) is 18.7. The van der Waals surface area contributed by atoms with Crippen LogP contribution in [0.4, 0.5) is 5.69 Å². The molecule has 0 bridgehead atoms. The van der Waals surface area contributed by atoms with Crippen LogP contribution in [-0.2, 0) is 17.8 Å². The first-order chi connectivity index (χ1) is 14.6. The van der Waals surface area contributed by atoms with Crippen LogP contribution in [0, 0.1) is 0 Å². The lowest BCUT2D eigenvalue weighted by atomic mass is 10.0. The van der Waals surface area contributed by atoms with Gasteiger partial charge in [0, 0.05) is 36.9 Å². The number of nitrogens with two attached hydrogens (primary N) is 1. The van der Waals surface area contributed by atoms with E-state index in [1.807, 2.05) is 41.3 Å². The van der Waals surface area contributed by atoms with Gasteiger partial charge < -0.3 is 15.5 Å². The van der Waals surface area contributed by atoms with Crippen LogP contribution in [0.5, 0.6) is 0 Å². The summed E-state index contributed by atoms with van der Waals surface area (Å²) >= 11 is 5.93. The van der Waals surface area contributed by atoms with E-state index < -0.39 is 6.04 Å². The summed E-state index contributed by atoms with van der Waals surface area (Å²) in [5, 5.41) is 9.09. The SMILES string of the molecule is NC(Cc1ccc(Cl)cc1)C(=O)N1CCN(c2ccccc2Cn2nccn2)CC1. The summed E-state index contributed by atoms with van der Waals surface area (Å²) in [6.07, 6.45) is 3.87. The highest BCUT2D eigenvalue weighted by molar-refractivity contribution is 6.30. The number of benzene rings is 2. The molecule has 156 valence electrons. The molecule has 2 aromatic carbocycles. The van der Waals surface area contributed by atoms with E-state index in [2.05, 4.69) is 27.2 Å². The second-order valence-corrected chi connectivity index (χ2v) is 7.87. The van der Waals surface area contributed by atoms with E-state index >= 15 is 0 Å². The van der Waals surface area contributed by atoms with Gasteiger partial charge in [0.15, 0.2) is 0 Å². The van der Waals surface area contributed by atoms with E-state index in [0.29, 0.717) is 31.1 Å². The highest BCUT2D eigenvalue weighted by Gasteiger charge is 2.26. The third-order valence-electron chi connectivity index (χ3n) is 5.39. The molecule has 0 radical (unpaired) electrons. The van der Waals surface area contributed by atoms with Crippen LogP contribution in [0.3, 0.4) is 0 Å². The molecule has 1 atom stereocenters. The van der Waals surface area contributed by atoms with Gasteiger partial charge in [-0.25, -0.2) is 0 Å². The Balaban J connectivity index is 1.36. The molecule has 0 saturated carbocycles. The number of anilines is 1. The van der Waals surface area contributed by atoms with E-state index in [0.717, 1.165) is 29.9 Å². The molecule has 1 aliphatic heterocycles. The first kappa shape index (κ1) is 20.4. The summed E-state index contributed by atoms with van der Waals surface area (Å²) in [5.74, 6) is -0.00127. The van der Waals surface area contributed by atoms with Gasteiger partial charge in [-0.3, -0.25) is 4.79 Å². The number of rotatable bonds is 6. The Morgan fingerprint density at radius 2 is 1.67 bits per heavy atom. The minimum Gasteiger partial charge on any atom is -0.368 e. The maximum Gasteiger partial charge on any atom is 0.239 e. The van der Waals surface area contributed by atoms with Crippen LogP contribution in [0.15, 0.2) is 60.9 Å². The normalized spacial score (nSPS) is 15.3. The fourth-order valence-electron chi connectivity index (χ4n) is 3.79. The lowest BCUT2D eigenvalue weighted by molar-refractivity contribution is -0.132. The monoisotopic (exact) mass is 424 g/mol. The number of para-hydroxylation sites is 1. The molecule has 3 aromatic rings. The first-order valence-electron chi connectivity index (χ1n) is 10.1. The van der Waals surface area contributed by atoms with Crippen molar-refractivity contribution in [3.63, 3.8) is 0 Å². The smallest absolute Gasteiger partial charge is 0.239 e. The molecule has 0 aliphatic carbocycles. The van der Waals surface area contributed by atoms with Crippen LogP contribution < -0.4 is 10.6 Å². The van der Waals surface area contributed by atoms with E-state index in [4.69, 9.17) is 17.3 Å². The van der Waals surface area contributed by atoms with Gasteiger partial charge in [0.05, 0.1) is 25.0 Å². The van der Waals surface area contributed by atoms with E-state index in [-0.39, 0.29) is 5.91 Å². The minimum atomic E-state index is -0.545. The number of hydrogen-bond acceptors (Lipinski definition) is 5. The molecule has 7 nitrogen and oxygen atoms in total. The van der Waals surface area contributed by atoms with Crippen LogP contribution in [-0.4, -0.2) is 58.0 Å². The van der Waals surface area contributed by atoms with Crippen molar-refractivity contribution in [1.82, 2.24) is 19.9 Å². The largest absolute Gasteiger partial charge is 0.368 e. The summed E-state index contributed by atoms with van der Waals surface area (Å²) in [6, 6.07) is 15.2. The Labute approximate surface area is 181 Å². The highest BCUT2D eigenvalue weighted by atomic mass is 35.5. The number of aromatic nitrogens is 3. The summed E-state index contributed by atoms with van der Waals surface area (Å²) in [6.45, 7) is 3.46. The van der Waals surface area contributed by atoms with Crippen molar-refractivity contribution in [2.45, 2.75) is 19.0 Å². The summed E-state index contributed by atoms with van der Waals surface area (Å²) < 4.78 is 0. The Bertz CT molecular complexity index is 968. The molecule has 1 saturated heterocycles. The first-order valence-corrected chi connectivity index (χ1v) is 10.4. The Kier molecular flexibility index (Phi) is 6.30. The molecule has 2 N–H and O–H groups in total. The average molecular weight is 425 g/mol. The summed E-state index contributed by atoms with van der Waals surface area (Å²) in [5.41, 5.74) is 9.54. The van der Waals surface area contributed by atoms with Gasteiger partial charge in [-0.1, -0.05) is 41.9 Å². The predicted molar refractivity (Wildman–Crippen MR) is 117 cm³/mol. The Morgan fingerprint density at radius 1 is 1.00 bits per heavy atom. The topological polar surface area (TPSA) is 80.3 Å². The molecule has 30 heavy (non-hydrogen) atoms. The molecule has 1 fully saturated rings. The third-order valence-corrected chi connectivity index (χ3v) is 5.64. The molecule has 8 heteroatoms. The van der Waals surface area contributed by atoms with Gasteiger partial charge >= 0.3 is 0 Å². The van der Waals surface area contributed by atoms with Crippen molar-refractivity contribution in [2.24, 2.45) is 5.73 Å². The van der Waals surface area contributed by atoms with Crippen molar-refractivity contribution in [3.05, 3.63) is 77.1 Å². The molecule has 4 rings (SSSR count). The van der Waals surface area contributed by atoms with Gasteiger partial charge in [-0.15, -0.1) is 0 Å². The zero-order chi connectivity index (χ0) is 20.9. The maximum absolute atomic E-state index is 12.8. The summed E-state index contributed by atoms with van der Waals surface area (Å²) in [7, 11) is 0. The number of halogens is 1. The minimum absolute atomic E-state index is 0.00127. The molecule has 1 aromatic heterocycles. The van der Waals surface area contributed by atoms with Crippen molar-refractivity contribution in [1.29, 1.82) is 0 Å². The number of carbonyl (C=O) groups is 1. The van der Waals surface area contributed by atoms with Gasteiger partial charge in [-0.2, -0.15) is 15.0 Å². The van der Waals surface area contributed by atoms with Crippen molar-refractivity contribution in [3.8, 4) is 0 Å². The quantitative estimate of drug-likeness (QED) is 0.656. The van der Waals surface area contributed by atoms with Crippen LogP contribution in [0.25, 0.3) is 0 Å². The average Bonchev–Trinajstić information content (AvgIpc) is 3.28. The lowest BCUT2D eigenvalue weighted by Gasteiger charge is -2.38. The number of amides is 1. The fourth-order valence-corrected chi connectivity index (χ4v) is 3.92. The standard InChI is InChI=1S/C22H25ClN6O/c23-19-7-5-17(6-8-19)15-20(24)22(30)28-13-11-27(12-14-28)21-4-2-1-3-18(21)16-29-25-9-10-26-29/h1-10,20H,11-16,24H2. The van der Waals surface area contributed by atoms with Gasteiger partial charge in [0.2, 0.25) is 5.91 Å². The molecule has 2 heterocycles. The number of hydrogen-bond donors (Lipinski definition) is 1. The van der Waals surface area contributed by atoms with Crippen LogP contribution in [0.1, 0.15) is 11.1 Å². The second-order valence-electron chi connectivity index (χ2n) is 7.44. The lowest BCUT2D eigenvalue weighted by Crippen LogP contribution is -2.53. The van der Waals surface area contributed by atoms with Crippen molar-refractivity contribution in [2.75, 3.05) is 31.1 Å². The molecular weight excluding hydrogens is 400 g/mol. The van der Waals surface area contributed by atoms with E-state index in [9.17, 15) is 4.79 Å². The highest BCUT2D eigenvalue weighted by Crippen LogP contribution is 2.23. The van der Waals surface area contributed by atoms with Gasteiger partial charge in [-0.05, 0) is 35.7 Å². The third kappa shape index (κ3) is 4.80. The maximum atomic E-state index is 12.8. The zero-order valence-corrected chi connectivity index (χ0v) is 17.4. The van der Waals surface area contributed by atoms with E-state index in [1.165, 1.54) is 0 Å². The number of carbonyl (C=O) groups excluding carboxylic acids is 1. The van der Waals surface area contributed by atoms with Crippen molar-refractivity contribution < 1.29 is 4.79 Å². The van der Waals surface area contributed by atoms with Gasteiger partial charge in [0.25, 0.3) is 0 Å². The zero-order valence-electron chi connectivity index (χ0n) is 16.7.